The predicted molar refractivity (Wildman–Crippen MR) is 104 cm³/mol. The number of ether oxygens (including phenoxy) is 2. The lowest BCUT2D eigenvalue weighted by atomic mass is 10.1. The summed E-state index contributed by atoms with van der Waals surface area (Å²) in [4.78, 5) is 29.4. The van der Waals surface area contributed by atoms with E-state index < -0.39 is 0 Å². The summed E-state index contributed by atoms with van der Waals surface area (Å²) >= 11 is 0. The van der Waals surface area contributed by atoms with Crippen molar-refractivity contribution in [1.29, 1.82) is 0 Å². The maximum Gasteiger partial charge on any atom is 0.261 e. The van der Waals surface area contributed by atoms with Gasteiger partial charge in [0.2, 0.25) is 5.91 Å². The molecule has 0 aliphatic rings. The number of fused-ring (bicyclic) bond motifs is 1. The summed E-state index contributed by atoms with van der Waals surface area (Å²) in [5.41, 5.74) is 2.95. The van der Waals surface area contributed by atoms with Crippen LogP contribution < -0.4 is 20.3 Å². The van der Waals surface area contributed by atoms with E-state index in [0.717, 1.165) is 16.8 Å². The second kappa shape index (κ2) is 7.49. The van der Waals surface area contributed by atoms with E-state index in [0.29, 0.717) is 22.4 Å². The molecular weight excluding hydrogens is 346 g/mol. The van der Waals surface area contributed by atoms with E-state index in [1.165, 1.54) is 25.1 Å². The van der Waals surface area contributed by atoms with Crippen molar-refractivity contribution in [2.45, 2.75) is 20.4 Å². The fraction of sp³-hybridized carbons (Fsp3) is 0.250. The van der Waals surface area contributed by atoms with Crippen molar-refractivity contribution >= 4 is 22.5 Å². The summed E-state index contributed by atoms with van der Waals surface area (Å²) in [6, 6.07) is 8.96. The molecule has 1 amide bonds. The number of carbonyl (C=O) groups excluding carboxylic acids is 1. The molecule has 2 aromatic carbocycles. The molecule has 0 spiro atoms. The van der Waals surface area contributed by atoms with E-state index in [-0.39, 0.29) is 18.0 Å². The number of rotatable bonds is 5. The highest BCUT2D eigenvalue weighted by Crippen LogP contribution is 2.29. The van der Waals surface area contributed by atoms with Crippen LogP contribution in [-0.2, 0) is 11.3 Å². The average molecular weight is 367 g/mol. The molecule has 0 saturated heterocycles. The lowest BCUT2D eigenvalue weighted by Crippen LogP contribution is -2.28. The van der Waals surface area contributed by atoms with Crippen LogP contribution in [-0.4, -0.2) is 29.7 Å². The zero-order chi connectivity index (χ0) is 19.6. The molecule has 3 aromatic rings. The fourth-order valence-corrected chi connectivity index (χ4v) is 2.90. The van der Waals surface area contributed by atoms with Crippen molar-refractivity contribution in [2.24, 2.45) is 0 Å². The Balaban J connectivity index is 1.89. The zero-order valence-corrected chi connectivity index (χ0v) is 15.7. The van der Waals surface area contributed by atoms with Crippen LogP contribution in [0.4, 0.5) is 5.69 Å². The molecule has 0 bridgehead atoms. The largest absolute Gasteiger partial charge is 0.493 e. The van der Waals surface area contributed by atoms with Gasteiger partial charge in [0, 0.05) is 11.8 Å². The highest BCUT2D eigenvalue weighted by atomic mass is 16.5. The summed E-state index contributed by atoms with van der Waals surface area (Å²) in [7, 11) is 3.01. The number of hydrogen-bond donors (Lipinski definition) is 1. The summed E-state index contributed by atoms with van der Waals surface area (Å²) in [6.45, 7) is 3.78. The van der Waals surface area contributed by atoms with Crippen molar-refractivity contribution in [3.05, 3.63) is 58.1 Å². The van der Waals surface area contributed by atoms with Crippen LogP contribution in [0.2, 0.25) is 0 Å². The summed E-state index contributed by atoms with van der Waals surface area (Å²) < 4.78 is 11.7. The second-order valence-electron chi connectivity index (χ2n) is 6.27. The lowest BCUT2D eigenvalue weighted by Gasteiger charge is -2.12. The molecular formula is C20H21N3O4. The Kier molecular flexibility index (Phi) is 5.12. The Bertz CT molecular complexity index is 1070. The van der Waals surface area contributed by atoms with Crippen molar-refractivity contribution < 1.29 is 14.3 Å². The zero-order valence-electron chi connectivity index (χ0n) is 15.7. The van der Waals surface area contributed by atoms with E-state index in [1.54, 1.807) is 12.1 Å². The number of hydrogen-bond acceptors (Lipinski definition) is 5. The Hall–Kier alpha value is -3.35. The number of methoxy groups -OCH3 is 2. The average Bonchev–Trinajstić information content (AvgIpc) is 2.65. The third kappa shape index (κ3) is 3.76. The summed E-state index contributed by atoms with van der Waals surface area (Å²) in [6.07, 6.45) is 1.36. The van der Waals surface area contributed by atoms with Gasteiger partial charge < -0.3 is 14.8 Å². The molecule has 0 fully saturated rings. The van der Waals surface area contributed by atoms with E-state index >= 15 is 0 Å². The maximum atomic E-state index is 12.7. The van der Waals surface area contributed by atoms with E-state index in [2.05, 4.69) is 10.3 Å². The van der Waals surface area contributed by atoms with E-state index in [9.17, 15) is 9.59 Å². The Morgan fingerprint density at radius 1 is 1.11 bits per heavy atom. The monoisotopic (exact) mass is 367 g/mol. The molecule has 1 heterocycles. The van der Waals surface area contributed by atoms with Crippen LogP contribution in [0.15, 0.2) is 41.5 Å². The molecule has 7 heteroatoms. The van der Waals surface area contributed by atoms with Gasteiger partial charge >= 0.3 is 0 Å². The Morgan fingerprint density at radius 3 is 2.48 bits per heavy atom. The third-order valence-electron chi connectivity index (χ3n) is 4.30. The SMILES string of the molecule is COc1cc2ncn(CC(=O)Nc3ccc(C)cc3C)c(=O)c2cc1OC. The minimum Gasteiger partial charge on any atom is -0.493 e. The standard InChI is InChI=1S/C20H21N3O4/c1-12-5-6-15(13(2)7-12)22-19(24)10-23-11-21-16-9-18(27-4)17(26-3)8-14(16)20(23)25/h5-9,11H,10H2,1-4H3,(H,22,24). The van der Waals surface area contributed by atoms with Gasteiger partial charge in [0.15, 0.2) is 11.5 Å². The number of nitrogens with zero attached hydrogens (tertiary/aromatic N) is 2. The van der Waals surface area contributed by atoms with Crippen molar-refractivity contribution in [1.82, 2.24) is 9.55 Å². The van der Waals surface area contributed by atoms with Gasteiger partial charge in [-0.25, -0.2) is 4.98 Å². The van der Waals surface area contributed by atoms with Crippen molar-refractivity contribution in [3.8, 4) is 11.5 Å². The predicted octanol–water partition coefficient (Wildman–Crippen LogP) is 2.67. The van der Waals surface area contributed by atoms with Gasteiger partial charge in [-0.1, -0.05) is 17.7 Å². The van der Waals surface area contributed by atoms with Crippen LogP contribution in [0, 0.1) is 13.8 Å². The van der Waals surface area contributed by atoms with Gasteiger partial charge in [-0.2, -0.15) is 0 Å². The summed E-state index contributed by atoms with van der Waals surface area (Å²) in [5.74, 6) is 0.620. The van der Waals surface area contributed by atoms with Gasteiger partial charge in [-0.3, -0.25) is 14.2 Å². The molecule has 0 aliphatic carbocycles. The Labute approximate surface area is 156 Å². The minimum atomic E-state index is -0.322. The smallest absolute Gasteiger partial charge is 0.261 e. The first-order valence-electron chi connectivity index (χ1n) is 8.41. The third-order valence-corrected chi connectivity index (χ3v) is 4.30. The van der Waals surface area contributed by atoms with E-state index in [4.69, 9.17) is 9.47 Å². The van der Waals surface area contributed by atoms with Crippen LogP contribution >= 0.6 is 0 Å². The van der Waals surface area contributed by atoms with E-state index in [1.807, 2.05) is 32.0 Å². The number of nitrogens with one attached hydrogen (secondary N) is 1. The molecule has 1 aromatic heterocycles. The molecule has 0 atom stereocenters. The van der Waals surface area contributed by atoms with Crippen LogP contribution in [0.25, 0.3) is 10.9 Å². The molecule has 0 radical (unpaired) electrons. The van der Waals surface area contributed by atoms with Gasteiger partial charge in [0.1, 0.15) is 6.54 Å². The first-order valence-corrected chi connectivity index (χ1v) is 8.41. The summed E-state index contributed by atoms with van der Waals surface area (Å²) in [5, 5.41) is 3.19. The Morgan fingerprint density at radius 2 is 1.81 bits per heavy atom. The molecule has 0 unspecified atom stereocenters. The van der Waals surface area contributed by atoms with Crippen molar-refractivity contribution in [3.63, 3.8) is 0 Å². The quantitative estimate of drug-likeness (QED) is 0.750. The molecule has 0 saturated carbocycles. The molecule has 140 valence electrons. The minimum absolute atomic E-state index is 0.135. The second-order valence-corrected chi connectivity index (χ2v) is 6.27. The number of amides is 1. The normalized spacial score (nSPS) is 10.7. The van der Waals surface area contributed by atoms with Crippen LogP contribution in [0.3, 0.4) is 0 Å². The number of carbonyl (C=O) groups is 1. The highest BCUT2D eigenvalue weighted by molar-refractivity contribution is 5.91. The molecule has 7 nitrogen and oxygen atoms in total. The lowest BCUT2D eigenvalue weighted by molar-refractivity contribution is -0.116. The molecule has 27 heavy (non-hydrogen) atoms. The molecule has 0 aliphatic heterocycles. The number of benzene rings is 2. The van der Waals surface area contributed by atoms with Gasteiger partial charge in [0.05, 0.1) is 31.4 Å². The first kappa shape index (κ1) is 18.4. The van der Waals surface area contributed by atoms with Gasteiger partial charge in [0.25, 0.3) is 5.56 Å². The number of aryl methyl sites for hydroxylation is 2. The fourth-order valence-electron chi connectivity index (χ4n) is 2.90. The highest BCUT2D eigenvalue weighted by Gasteiger charge is 2.13. The molecule has 1 N–H and O–H groups in total. The van der Waals surface area contributed by atoms with Crippen LogP contribution in [0.1, 0.15) is 11.1 Å². The number of aromatic nitrogens is 2. The maximum absolute atomic E-state index is 12.7. The van der Waals surface area contributed by atoms with Crippen molar-refractivity contribution in [2.75, 3.05) is 19.5 Å². The van der Waals surface area contributed by atoms with Gasteiger partial charge in [-0.05, 0) is 31.5 Å². The van der Waals surface area contributed by atoms with Crippen LogP contribution in [0.5, 0.6) is 11.5 Å². The number of anilines is 1. The molecule has 3 rings (SSSR count). The van der Waals surface area contributed by atoms with Gasteiger partial charge in [-0.15, -0.1) is 0 Å². The first-order chi connectivity index (χ1) is 12.9. The topological polar surface area (TPSA) is 82.5 Å².